The number of carboxylic acid groups (broad SMARTS) is 1. The number of benzene rings is 2. The molecule has 0 amide bonds. The van der Waals surface area contributed by atoms with Crippen LogP contribution in [0.4, 0.5) is 0 Å². The molecule has 1 N–H and O–H groups in total. The zero-order valence-corrected chi connectivity index (χ0v) is 21.3. The standard InChI is InChI=1S/C26H23ClN2O6S/c1-14(2)35-25(33)22-15(3)28-26-29(23(22)17-7-9-18(27)10-8-17)24(32)20(36-26)12-16-5-4-6-19(11-16)34-13-21(30)31/h4-12,14,23H,13H2,1-3H3,(H,30,31)/b20-12-/t23-/m1/s1. The Morgan fingerprint density at radius 2 is 1.94 bits per heavy atom. The van der Waals surface area contributed by atoms with E-state index in [4.69, 9.17) is 26.2 Å². The summed E-state index contributed by atoms with van der Waals surface area (Å²) in [6.07, 6.45) is 1.34. The summed E-state index contributed by atoms with van der Waals surface area (Å²) in [7, 11) is 0. The molecule has 0 saturated carbocycles. The Kier molecular flexibility index (Phi) is 7.42. The second kappa shape index (κ2) is 10.5. The van der Waals surface area contributed by atoms with Crippen LogP contribution in [0.25, 0.3) is 6.08 Å². The molecule has 0 saturated heterocycles. The lowest BCUT2D eigenvalue weighted by atomic mass is 9.96. The Labute approximate surface area is 215 Å². The first-order valence-electron chi connectivity index (χ1n) is 11.1. The van der Waals surface area contributed by atoms with Crippen LogP contribution in [0.1, 0.15) is 37.9 Å². The number of hydrogen-bond acceptors (Lipinski definition) is 7. The molecule has 1 aromatic heterocycles. The summed E-state index contributed by atoms with van der Waals surface area (Å²) in [5.41, 5.74) is 1.78. The molecular weight excluding hydrogens is 504 g/mol. The number of carboxylic acids is 1. The summed E-state index contributed by atoms with van der Waals surface area (Å²) in [5, 5.41) is 9.37. The molecule has 36 heavy (non-hydrogen) atoms. The van der Waals surface area contributed by atoms with Crippen LogP contribution in [-0.2, 0) is 14.3 Å². The molecular formula is C26H23ClN2O6S. The van der Waals surface area contributed by atoms with Crippen molar-refractivity contribution in [2.24, 2.45) is 4.99 Å². The van der Waals surface area contributed by atoms with E-state index in [0.29, 0.717) is 36.9 Å². The molecule has 0 unspecified atom stereocenters. The second-order valence-corrected chi connectivity index (χ2v) is 9.79. The molecule has 0 radical (unpaired) electrons. The molecule has 186 valence electrons. The number of nitrogens with zero attached hydrogens (tertiary/aromatic N) is 2. The monoisotopic (exact) mass is 526 g/mol. The first-order valence-corrected chi connectivity index (χ1v) is 12.3. The van der Waals surface area contributed by atoms with Gasteiger partial charge >= 0.3 is 11.9 Å². The molecule has 10 heteroatoms. The molecule has 0 fully saturated rings. The maximum atomic E-state index is 13.6. The molecule has 0 aliphatic carbocycles. The van der Waals surface area contributed by atoms with Crippen LogP contribution in [0.2, 0.25) is 5.02 Å². The number of fused-ring (bicyclic) bond motifs is 1. The molecule has 1 aliphatic rings. The van der Waals surface area contributed by atoms with E-state index in [1.54, 1.807) is 75.4 Å². The maximum Gasteiger partial charge on any atom is 0.341 e. The fourth-order valence-corrected chi connectivity index (χ4v) is 4.98. The van der Waals surface area contributed by atoms with Gasteiger partial charge < -0.3 is 14.6 Å². The third kappa shape index (κ3) is 5.42. The molecule has 2 aromatic carbocycles. The van der Waals surface area contributed by atoms with Crippen LogP contribution in [0.3, 0.4) is 0 Å². The van der Waals surface area contributed by atoms with Gasteiger partial charge in [0.05, 0.1) is 27.9 Å². The highest BCUT2D eigenvalue weighted by molar-refractivity contribution is 7.07. The topological polar surface area (TPSA) is 107 Å². The van der Waals surface area contributed by atoms with Gasteiger partial charge in [0.2, 0.25) is 0 Å². The first kappa shape index (κ1) is 25.4. The quantitative estimate of drug-likeness (QED) is 0.473. The van der Waals surface area contributed by atoms with Gasteiger partial charge in [-0.2, -0.15) is 0 Å². The summed E-state index contributed by atoms with van der Waals surface area (Å²) >= 11 is 7.28. The SMILES string of the molecule is CC1=C(C(=O)OC(C)C)[C@@H](c2ccc(Cl)cc2)n2c(s/c(=C\c3cccc(OCC(=O)O)c3)c2=O)=N1. The van der Waals surface area contributed by atoms with Crippen molar-refractivity contribution in [1.82, 2.24) is 4.57 Å². The zero-order valence-electron chi connectivity index (χ0n) is 19.7. The van der Waals surface area contributed by atoms with Gasteiger partial charge in [-0.25, -0.2) is 14.6 Å². The van der Waals surface area contributed by atoms with Crippen molar-refractivity contribution in [2.75, 3.05) is 6.61 Å². The van der Waals surface area contributed by atoms with Gasteiger partial charge in [-0.3, -0.25) is 9.36 Å². The fraction of sp³-hybridized carbons (Fsp3) is 0.231. The fourth-order valence-electron chi connectivity index (χ4n) is 3.81. The van der Waals surface area contributed by atoms with Crippen molar-refractivity contribution >= 4 is 41.0 Å². The predicted octanol–water partition coefficient (Wildman–Crippen LogP) is 3.30. The van der Waals surface area contributed by atoms with Gasteiger partial charge in [-0.05, 0) is 62.2 Å². The number of carbonyl (C=O) groups excluding carboxylic acids is 1. The zero-order chi connectivity index (χ0) is 26.0. The minimum atomic E-state index is -1.09. The summed E-state index contributed by atoms with van der Waals surface area (Å²) in [6.45, 7) is 4.77. The smallest absolute Gasteiger partial charge is 0.341 e. The van der Waals surface area contributed by atoms with E-state index in [1.807, 2.05) is 0 Å². The van der Waals surface area contributed by atoms with Gasteiger partial charge in [0.15, 0.2) is 11.4 Å². The largest absolute Gasteiger partial charge is 0.482 e. The highest BCUT2D eigenvalue weighted by atomic mass is 35.5. The summed E-state index contributed by atoms with van der Waals surface area (Å²) in [6, 6.07) is 13.0. The minimum absolute atomic E-state index is 0.286. The second-order valence-electron chi connectivity index (χ2n) is 8.34. The van der Waals surface area contributed by atoms with E-state index >= 15 is 0 Å². The average Bonchev–Trinajstić information content (AvgIpc) is 3.11. The van der Waals surface area contributed by atoms with Crippen molar-refractivity contribution in [3.8, 4) is 5.75 Å². The summed E-state index contributed by atoms with van der Waals surface area (Å²) in [4.78, 5) is 42.5. The molecule has 3 aromatic rings. The summed E-state index contributed by atoms with van der Waals surface area (Å²) < 4.78 is 12.6. The molecule has 1 aliphatic heterocycles. The van der Waals surface area contributed by atoms with Gasteiger partial charge in [0, 0.05) is 5.02 Å². The lowest BCUT2D eigenvalue weighted by molar-refractivity contribution is -0.143. The number of rotatable bonds is 7. The highest BCUT2D eigenvalue weighted by Gasteiger charge is 2.33. The van der Waals surface area contributed by atoms with Gasteiger partial charge in [0.1, 0.15) is 5.75 Å². The average molecular weight is 527 g/mol. The third-order valence-corrected chi connectivity index (χ3v) is 6.52. The van der Waals surface area contributed by atoms with E-state index in [-0.39, 0.29) is 17.2 Å². The van der Waals surface area contributed by atoms with Crippen LogP contribution in [-0.4, -0.2) is 34.3 Å². The van der Waals surface area contributed by atoms with E-state index in [9.17, 15) is 14.4 Å². The first-order chi connectivity index (χ1) is 17.1. The van der Waals surface area contributed by atoms with Crippen molar-refractivity contribution in [3.05, 3.63) is 95.6 Å². The molecule has 1 atom stereocenters. The Hall–Kier alpha value is -3.69. The van der Waals surface area contributed by atoms with E-state index in [0.717, 1.165) is 0 Å². The summed E-state index contributed by atoms with van der Waals surface area (Å²) in [5.74, 6) is -1.26. The lowest BCUT2D eigenvalue weighted by Gasteiger charge is -2.25. The Balaban J connectivity index is 1.85. The lowest BCUT2D eigenvalue weighted by Crippen LogP contribution is -2.40. The third-order valence-electron chi connectivity index (χ3n) is 5.29. The number of halogens is 1. The number of ether oxygens (including phenoxy) is 2. The normalized spacial score (nSPS) is 15.5. The van der Waals surface area contributed by atoms with E-state index < -0.39 is 24.6 Å². The number of aromatic nitrogens is 1. The number of thiazole rings is 1. The highest BCUT2D eigenvalue weighted by Crippen LogP contribution is 2.31. The molecule has 0 spiro atoms. The number of aliphatic carboxylic acids is 1. The maximum absolute atomic E-state index is 13.6. The van der Waals surface area contributed by atoms with Crippen LogP contribution in [0.5, 0.6) is 5.75 Å². The Bertz CT molecular complexity index is 1540. The molecule has 4 rings (SSSR count). The van der Waals surface area contributed by atoms with Crippen LogP contribution < -0.4 is 19.6 Å². The Morgan fingerprint density at radius 3 is 2.61 bits per heavy atom. The minimum Gasteiger partial charge on any atom is -0.482 e. The van der Waals surface area contributed by atoms with Gasteiger partial charge in [-0.1, -0.05) is 47.2 Å². The van der Waals surface area contributed by atoms with E-state index in [1.165, 1.54) is 15.9 Å². The predicted molar refractivity (Wildman–Crippen MR) is 136 cm³/mol. The van der Waals surface area contributed by atoms with Gasteiger partial charge in [0.25, 0.3) is 5.56 Å². The van der Waals surface area contributed by atoms with Crippen LogP contribution >= 0.6 is 22.9 Å². The van der Waals surface area contributed by atoms with Gasteiger partial charge in [-0.15, -0.1) is 0 Å². The molecule has 0 bridgehead atoms. The number of carbonyl (C=O) groups is 2. The van der Waals surface area contributed by atoms with Crippen molar-refractivity contribution in [2.45, 2.75) is 32.9 Å². The van der Waals surface area contributed by atoms with Crippen LogP contribution in [0, 0.1) is 0 Å². The van der Waals surface area contributed by atoms with Crippen molar-refractivity contribution < 1.29 is 24.2 Å². The molecule has 8 nitrogen and oxygen atoms in total. The number of hydrogen-bond donors (Lipinski definition) is 1. The van der Waals surface area contributed by atoms with Crippen molar-refractivity contribution in [3.63, 3.8) is 0 Å². The molecule has 2 heterocycles. The van der Waals surface area contributed by atoms with Crippen molar-refractivity contribution in [1.29, 1.82) is 0 Å². The van der Waals surface area contributed by atoms with Crippen LogP contribution in [0.15, 0.2) is 69.6 Å². The Morgan fingerprint density at radius 1 is 1.22 bits per heavy atom. The van der Waals surface area contributed by atoms with E-state index in [2.05, 4.69) is 4.99 Å². The number of allylic oxidation sites excluding steroid dienone is 1. The number of esters is 1.